The van der Waals surface area contributed by atoms with Crippen LogP contribution in [0.2, 0.25) is 5.28 Å². The summed E-state index contributed by atoms with van der Waals surface area (Å²) in [5, 5.41) is 5.42. The number of aromatic nitrogens is 2. The Hall–Kier alpha value is -0.910. The normalized spacial score (nSPS) is 29.3. The third kappa shape index (κ3) is 3.14. The Morgan fingerprint density at radius 3 is 2.54 bits per heavy atom. The zero-order valence-electron chi connectivity index (χ0n) is 16.5. The molecule has 2 aromatic rings. The number of halogens is 1. The van der Waals surface area contributed by atoms with Crippen molar-refractivity contribution in [2.45, 2.75) is 82.7 Å². The Labute approximate surface area is 176 Å². The smallest absolute Gasteiger partial charge is 0.225 e. The van der Waals surface area contributed by atoms with Crippen molar-refractivity contribution in [3.8, 4) is 0 Å². The van der Waals surface area contributed by atoms with Crippen molar-refractivity contribution < 1.29 is 0 Å². The van der Waals surface area contributed by atoms with E-state index in [1.165, 1.54) is 93.1 Å². The lowest BCUT2D eigenvalue weighted by molar-refractivity contribution is 0.0975. The van der Waals surface area contributed by atoms with Gasteiger partial charge in [-0.15, -0.1) is 11.3 Å². The average molecular weight is 417 g/mol. The van der Waals surface area contributed by atoms with Crippen molar-refractivity contribution in [2.24, 2.45) is 5.41 Å². The molecule has 2 aromatic heterocycles. The van der Waals surface area contributed by atoms with Gasteiger partial charge in [-0.25, -0.2) is 9.97 Å². The van der Waals surface area contributed by atoms with E-state index in [0.29, 0.717) is 11.3 Å². The van der Waals surface area contributed by atoms with Crippen LogP contribution in [0.25, 0.3) is 10.2 Å². The number of fused-ring (bicyclic) bond motifs is 3. The molecule has 28 heavy (non-hydrogen) atoms. The number of aryl methyl sites for hydroxylation is 2. The maximum atomic E-state index is 6.25. The van der Waals surface area contributed by atoms with Crippen LogP contribution in [-0.4, -0.2) is 40.0 Å². The number of piperidine rings is 1. The highest BCUT2D eigenvalue weighted by atomic mass is 35.5. The highest BCUT2D eigenvalue weighted by molar-refractivity contribution is 7.19. The van der Waals surface area contributed by atoms with Gasteiger partial charge in [-0.05, 0) is 106 Å². The zero-order valence-corrected chi connectivity index (χ0v) is 18.0. The van der Waals surface area contributed by atoms with E-state index in [9.17, 15) is 0 Å². The third-order valence-electron chi connectivity index (χ3n) is 7.91. The van der Waals surface area contributed by atoms with Gasteiger partial charge in [0.05, 0.1) is 5.39 Å². The lowest BCUT2D eigenvalue weighted by Gasteiger charge is -2.41. The van der Waals surface area contributed by atoms with E-state index in [0.717, 1.165) is 28.5 Å². The lowest BCUT2D eigenvalue weighted by atomic mass is 9.86. The number of hydrogen-bond donors (Lipinski definition) is 1. The molecule has 0 bridgehead atoms. The van der Waals surface area contributed by atoms with Gasteiger partial charge in [0.25, 0.3) is 0 Å². The second-order valence-electron chi connectivity index (χ2n) is 9.56. The van der Waals surface area contributed by atoms with E-state index in [-0.39, 0.29) is 0 Å². The Kier molecular flexibility index (Phi) is 4.36. The summed E-state index contributed by atoms with van der Waals surface area (Å²) in [4.78, 5) is 14.5. The molecule has 1 N–H and O–H groups in total. The van der Waals surface area contributed by atoms with Gasteiger partial charge in [-0.2, -0.15) is 0 Å². The number of likely N-dealkylation sites (tertiary alicyclic amines) is 1. The fraction of sp³-hybridized carbons (Fsp3) is 0.727. The van der Waals surface area contributed by atoms with Gasteiger partial charge in [-0.1, -0.05) is 0 Å². The van der Waals surface area contributed by atoms with Crippen molar-refractivity contribution in [3.05, 3.63) is 15.7 Å². The lowest BCUT2D eigenvalue weighted by Crippen LogP contribution is -2.45. The first-order chi connectivity index (χ1) is 13.7. The van der Waals surface area contributed by atoms with E-state index in [1.807, 2.05) is 11.3 Å². The molecular weight excluding hydrogens is 388 g/mol. The molecule has 150 valence electrons. The summed E-state index contributed by atoms with van der Waals surface area (Å²) >= 11 is 8.07. The topological polar surface area (TPSA) is 41.1 Å². The number of thiophene rings is 1. The summed E-state index contributed by atoms with van der Waals surface area (Å²) in [5.41, 5.74) is 2.27. The van der Waals surface area contributed by atoms with Gasteiger partial charge in [-0.3, -0.25) is 0 Å². The third-order valence-corrected chi connectivity index (χ3v) is 9.26. The fourth-order valence-corrected chi connectivity index (χ4v) is 7.37. The monoisotopic (exact) mass is 416 g/mol. The Morgan fingerprint density at radius 2 is 1.79 bits per heavy atom. The van der Waals surface area contributed by atoms with Crippen LogP contribution in [0.15, 0.2) is 0 Å². The summed E-state index contributed by atoms with van der Waals surface area (Å²) in [7, 11) is 0. The molecule has 0 aromatic carbocycles. The molecule has 3 fully saturated rings. The van der Waals surface area contributed by atoms with Crippen molar-refractivity contribution in [2.75, 3.05) is 18.4 Å². The van der Waals surface area contributed by atoms with Crippen molar-refractivity contribution in [3.63, 3.8) is 0 Å². The number of hydrogen-bond acceptors (Lipinski definition) is 5. The predicted octanol–water partition coefficient (Wildman–Crippen LogP) is 5.43. The standard InChI is InChI=1S/C22H29ClN4S/c23-21-25-19(18-16-2-1-3-17(16)28-20(18)26-21)24-14-4-6-15(7-5-14)27-12-10-22(8-9-22)11-13-27/h14-15H,1-13H2,(H,24,25,26). The summed E-state index contributed by atoms with van der Waals surface area (Å²) < 4.78 is 0. The van der Waals surface area contributed by atoms with Crippen LogP contribution in [0.1, 0.15) is 68.2 Å². The molecule has 3 aliphatic carbocycles. The maximum Gasteiger partial charge on any atom is 0.225 e. The average Bonchev–Trinajstić information content (AvgIpc) is 3.13. The van der Waals surface area contributed by atoms with Gasteiger partial charge < -0.3 is 10.2 Å². The number of nitrogens with zero attached hydrogens (tertiary/aromatic N) is 3. The van der Waals surface area contributed by atoms with Crippen LogP contribution in [0.5, 0.6) is 0 Å². The molecule has 4 nitrogen and oxygen atoms in total. The molecule has 6 heteroatoms. The maximum absolute atomic E-state index is 6.25. The number of nitrogens with one attached hydrogen (secondary N) is 1. The van der Waals surface area contributed by atoms with Gasteiger partial charge in [0.2, 0.25) is 5.28 Å². The van der Waals surface area contributed by atoms with Crippen molar-refractivity contribution in [1.82, 2.24) is 14.9 Å². The van der Waals surface area contributed by atoms with Gasteiger partial charge in [0, 0.05) is 17.0 Å². The van der Waals surface area contributed by atoms with Gasteiger partial charge in [0.1, 0.15) is 10.6 Å². The Bertz CT molecular complexity index is 888. The van der Waals surface area contributed by atoms with Gasteiger partial charge in [0.15, 0.2) is 0 Å². The summed E-state index contributed by atoms with van der Waals surface area (Å²) in [5.74, 6) is 0.992. The molecule has 0 unspecified atom stereocenters. The largest absolute Gasteiger partial charge is 0.367 e. The van der Waals surface area contributed by atoms with E-state index >= 15 is 0 Å². The predicted molar refractivity (Wildman–Crippen MR) is 117 cm³/mol. The number of rotatable bonds is 3. The highest BCUT2D eigenvalue weighted by Crippen LogP contribution is 2.54. The van der Waals surface area contributed by atoms with E-state index in [2.05, 4.69) is 20.2 Å². The molecule has 1 saturated heterocycles. The van der Waals surface area contributed by atoms with Crippen molar-refractivity contribution >= 4 is 39.0 Å². The van der Waals surface area contributed by atoms with Crippen LogP contribution in [-0.2, 0) is 12.8 Å². The zero-order chi connectivity index (χ0) is 18.7. The summed E-state index contributed by atoms with van der Waals surface area (Å²) in [6.07, 6.45) is 14.6. The Balaban J connectivity index is 1.14. The molecule has 4 aliphatic rings. The second kappa shape index (κ2) is 6.82. The summed E-state index contributed by atoms with van der Waals surface area (Å²) in [6, 6.07) is 1.32. The van der Waals surface area contributed by atoms with Gasteiger partial charge >= 0.3 is 0 Å². The molecule has 0 amide bonds. The minimum Gasteiger partial charge on any atom is -0.367 e. The molecule has 1 spiro atoms. The molecule has 0 radical (unpaired) electrons. The van der Waals surface area contributed by atoms with Crippen LogP contribution in [0.3, 0.4) is 0 Å². The molecule has 2 saturated carbocycles. The van der Waals surface area contributed by atoms with Crippen LogP contribution >= 0.6 is 22.9 Å². The van der Waals surface area contributed by atoms with Crippen LogP contribution in [0.4, 0.5) is 5.82 Å². The van der Waals surface area contributed by atoms with E-state index < -0.39 is 0 Å². The summed E-state index contributed by atoms with van der Waals surface area (Å²) in [6.45, 7) is 2.68. The minimum absolute atomic E-state index is 0.380. The first-order valence-corrected chi connectivity index (χ1v) is 12.4. The van der Waals surface area contributed by atoms with E-state index in [1.54, 1.807) is 0 Å². The van der Waals surface area contributed by atoms with Crippen LogP contribution < -0.4 is 5.32 Å². The van der Waals surface area contributed by atoms with Crippen LogP contribution in [0, 0.1) is 5.41 Å². The first-order valence-electron chi connectivity index (χ1n) is 11.2. The molecule has 6 rings (SSSR count). The highest BCUT2D eigenvalue weighted by Gasteiger charge is 2.45. The molecule has 3 heterocycles. The minimum atomic E-state index is 0.380. The number of anilines is 1. The molecule has 0 atom stereocenters. The SMILES string of the molecule is Clc1nc(NC2CCC(N3CCC4(CC3)CC4)CC2)c2c3c(sc2n1)CCC3. The molecular formula is C22H29ClN4S. The quantitative estimate of drug-likeness (QED) is 0.677. The van der Waals surface area contributed by atoms with E-state index in [4.69, 9.17) is 11.6 Å². The first kappa shape index (κ1) is 17.9. The molecule has 1 aliphatic heterocycles. The van der Waals surface area contributed by atoms with Crippen molar-refractivity contribution in [1.29, 1.82) is 0 Å². The fourth-order valence-electron chi connectivity index (χ4n) is 5.89. The second-order valence-corrected chi connectivity index (χ2v) is 11.0. The Morgan fingerprint density at radius 1 is 1.00 bits per heavy atom.